The summed E-state index contributed by atoms with van der Waals surface area (Å²) in [6, 6.07) is -8.30. The van der Waals surface area contributed by atoms with Crippen LogP contribution < -0.4 is 109 Å². The number of unbranched alkanes of at least 4 members (excludes halogenated alkanes) is 5. The van der Waals surface area contributed by atoms with Crippen molar-refractivity contribution in [1.29, 1.82) is 0 Å². The number of carboxylic acid groups (broad SMARTS) is 1. The van der Waals surface area contributed by atoms with E-state index in [2.05, 4.69) is 81.7 Å². The number of carbonyl (C=O) groups excluding carboxylic acids is 14. The van der Waals surface area contributed by atoms with Gasteiger partial charge in [0.2, 0.25) is 82.7 Å². The quantitative estimate of drug-likeness (QED) is 0.0213. The van der Waals surface area contributed by atoms with Crippen molar-refractivity contribution < 1.29 is 87.2 Å². The zero-order chi connectivity index (χ0) is 77.4. The predicted molar refractivity (Wildman–Crippen MR) is 380 cm³/mol. The summed E-state index contributed by atoms with van der Waals surface area (Å²) in [6.45, 7) is 1.12. The molecule has 0 aromatic heterocycles. The van der Waals surface area contributed by atoms with E-state index >= 15 is 0 Å². The molecule has 11 atom stereocenters. The number of aliphatic hydroxyl groups excluding tert-OH is 1. The molecule has 0 aliphatic heterocycles. The van der Waals surface area contributed by atoms with E-state index in [-0.39, 0.29) is 89.2 Å². The van der Waals surface area contributed by atoms with Gasteiger partial charge in [0.15, 0.2) is 0 Å². The first-order valence-corrected chi connectivity index (χ1v) is 35.2. The lowest BCUT2D eigenvalue weighted by atomic mass is 9.97. The van der Waals surface area contributed by atoms with Crippen molar-refractivity contribution in [2.45, 2.75) is 196 Å². The van der Waals surface area contributed by atoms with Crippen LogP contribution in [0.3, 0.4) is 0 Å². The van der Waals surface area contributed by atoms with Gasteiger partial charge in [0.1, 0.15) is 66.2 Å². The van der Waals surface area contributed by atoms with Crippen molar-refractivity contribution >= 4 is 101 Å². The molecule has 0 spiro atoms. The van der Waals surface area contributed by atoms with Gasteiger partial charge in [0.25, 0.3) is 0 Å². The van der Waals surface area contributed by atoms with Gasteiger partial charge in [-0.2, -0.15) is 12.6 Å². The van der Waals surface area contributed by atoms with Crippen molar-refractivity contribution in [3.05, 3.63) is 29.8 Å². The molecule has 103 heavy (non-hydrogen) atoms. The van der Waals surface area contributed by atoms with Crippen LogP contribution >= 0.6 is 12.6 Å². The van der Waals surface area contributed by atoms with Crippen LogP contribution in [0.1, 0.15) is 135 Å². The molecule has 0 heterocycles. The molecule has 0 saturated heterocycles. The van der Waals surface area contributed by atoms with Crippen LogP contribution in [0, 0.1) is 5.92 Å². The van der Waals surface area contributed by atoms with Gasteiger partial charge in [-0.15, -0.1) is 0 Å². The standard InChI is InChI=1S/C64H112N20O18S/c1-3-37(2)54(63(100)83-48(36-103)62(99)81-45(23-24-49(71)87)60(97)79-43(17-7-12-28-68)59(96)82-46(64(101)102)30-38-19-21-39(86)22-20-38)84-61(98)44(18-8-13-29-69)80-58(95)42(16-6-11-27-67)75-52(90)33-72-51(89)32-73-55(92)40(14-4-9-25-65)78-57(94)41(15-5-10-26-66)76-53(91)34-74-56(93)47(35-85)77-50(88)31-70/h19-22,37,40-48,54,85-86,103H,3-18,23-36,65-70H2,1-2H3,(H2,71,87)(H,72,89)(H,73,92)(H,74,93)(H,75,90)(H,76,91)(H,77,88)(H,78,94)(H,79,97)(H,80,95)(H,81,99)(H,82,96)(H,83,100)(H,84,98)(H,101,102)/t37-,40-,41-,42-,43-,44-,45-,46-,47-,48-,54-/m0/s1. The predicted octanol–water partition coefficient (Wildman–Crippen LogP) is -7.95. The summed E-state index contributed by atoms with van der Waals surface area (Å²) < 4.78 is 0. The lowest BCUT2D eigenvalue weighted by Crippen LogP contribution is -2.61. The third kappa shape index (κ3) is 38.3. The zero-order valence-corrected chi connectivity index (χ0v) is 59.7. The third-order valence-corrected chi connectivity index (χ3v) is 16.5. The molecule has 0 aliphatic rings. The minimum Gasteiger partial charge on any atom is -0.508 e. The van der Waals surface area contributed by atoms with E-state index in [1.165, 1.54) is 24.3 Å². The first-order chi connectivity index (χ1) is 49.1. The molecule has 0 fully saturated rings. The highest BCUT2D eigenvalue weighted by Crippen LogP contribution is 2.15. The number of rotatable bonds is 56. The summed E-state index contributed by atoms with van der Waals surface area (Å²) in [5.41, 5.74) is 39.7. The fraction of sp³-hybridized carbons (Fsp3) is 0.672. The Morgan fingerprint density at radius 1 is 0.408 bits per heavy atom. The number of phenolic OH excluding ortho intramolecular Hbond substituents is 1. The lowest BCUT2D eigenvalue weighted by molar-refractivity contribution is -0.142. The number of carbonyl (C=O) groups is 15. The molecule has 38 nitrogen and oxygen atoms in total. The molecule has 0 aliphatic carbocycles. The molecule has 0 radical (unpaired) electrons. The largest absolute Gasteiger partial charge is 0.508 e. The Balaban J connectivity index is 3.32. The van der Waals surface area contributed by atoms with Gasteiger partial charge >= 0.3 is 5.97 Å². The molecule has 582 valence electrons. The Bertz CT molecular complexity index is 2890. The second-order valence-electron chi connectivity index (χ2n) is 24.5. The maximum absolute atomic E-state index is 14.4. The number of amides is 14. The lowest BCUT2D eigenvalue weighted by Gasteiger charge is -2.29. The highest BCUT2D eigenvalue weighted by molar-refractivity contribution is 7.80. The van der Waals surface area contributed by atoms with Crippen LogP contribution in [0.5, 0.6) is 5.75 Å². The summed E-state index contributed by atoms with van der Waals surface area (Å²) >= 11 is 4.28. The number of hydrogen-bond acceptors (Lipinski definition) is 24. The molecule has 0 saturated carbocycles. The smallest absolute Gasteiger partial charge is 0.326 e. The van der Waals surface area contributed by atoms with Crippen LogP contribution in [-0.2, 0) is 78.3 Å². The van der Waals surface area contributed by atoms with Gasteiger partial charge in [0.05, 0.1) is 32.8 Å². The third-order valence-electron chi connectivity index (χ3n) is 16.2. The first kappa shape index (κ1) is 92.2. The SMILES string of the molecule is CC[C@H](C)[C@H](NC(=O)[C@H](CCCCN)NC(=O)[C@H](CCCCN)NC(=O)CNC(=O)CNC(=O)[C@H](CCCCN)NC(=O)[C@H](CCCCN)NC(=O)CNC(=O)[C@H](CO)NC(=O)CN)C(=O)N[C@@H](CS)C(=O)N[C@@H](CCC(N)=O)C(=O)N[C@@H](CCCCN)C(=O)N[C@@H](Cc1ccc(O)cc1)C(=O)O. The molecule has 0 unspecified atom stereocenters. The Hall–Kier alpha value is -8.86. The van der Waals surface area contributed by atoms with E-state index in [9.17, 15) is 87.2 Å². The second-order valence-corrected chi connectivity index (χ2v) is 24.9. The number of nitrogens with two attached hydrogens (primary N) is 7. The molecular formula is C64H112N20O18S. The first-order valence-electron chi connectivity index (χ1n) is 34.6. The van der Waals surface area contributed by atoms with E-state index in [1.54, 1.807) is 13.8 Å². The van der Waals surface area contributed by atoms with Gasteiger partial charge < -0.3 is 125 Å². The van der Waals surface area contributed by atoms with Crippen molar-refractivity contribution in [2.24, 2.45) is 46.1 Å². The number of thiol groups is 1. The number of hydrogen-bond donors (Lipinski definition) is 24. The summed E-state index contributed by atoms with van der Waals surface area (Å²) in [5, 5.41) is 61.4. The zero-order valence-electron chi connectivity index (χ0n) is 58.8. The molecule has 30 N–H and O–H groups in total. The summed E-state index contributed by atoms with van der Waals surface area (Å²) in [5.74, 6) is -14.6. The van der Waals surface area contributed by atoms with E-state index in [0.717, 1.165) is 0 Å². The van der Waals surface area contributed by atoms with E-state index in [4.69, 9.17) is 40.1 Å². The fourth-order valence-electron chi connectivity index (χ4n) is 9.96. The number of benzene rings is 1. The van der Waals surface area contributed by atoms with Crippen LogP contribution in [0.2, 0.25) is 0 Å². The van der Waals surface area contributed by atoms with Gasteiger partial charge in [-0.05, 0) is 159 Å². The molecule has 14 amide bonds. The summed E-state index contributed by atoms with van der Waals surface area (Å²) in [7, 11) is 0. The Morgan fingerprint density at radius 3 is 1.13 bits per heavy atom. The highest BCUT2D eigenvalue weighted by atomic mass is 32.1. The van der Waals surface area contributed by atoms with Gasteiger partial charge in [-0.1, -0.05) is 32.4 Å². The molecule has 1 aromatic rings. The topological polar surface area (TPSA) is 655 Å². The summed E-state index contributed by atoms with van der Waals surface area (Å²) in [6.07, 6.45) is 3.00. The highest BCUT2D eigenvalue weighted by Gasteiger charge is 2.36. The summed E-state index contributed by atoms with van der Waals surface area (Å²) in [4.78, 5) is 200. The van der Waals surface area contributed by atoms with Gasteiger partial charge in [0, 0.05) is 18.6 Å². The van der Waals surface area contributed by atoms with Crippen molar-refractivity contribution in [3.63, 3.8) is 0 Å². The molecule has 0 bridgehead atoms. The number of aliphatic hydroxyl groups is 1. The average Bonchev–Trinajstić information content (AvgIpc) is 0.860. The number of phenols is 1. The molecule has 1 aromatic carbocycles. The van der Waals surface area contributed by atoms with Gasteiger partial charge in [-0.25, -0.2) is 4.79 Å². The van der Waals surface area contributed by atoms with E-state index in [1.807, 2.05) is 0 Å². The van der Waals surface area contributed by atoms with Crippen LogP contribution in [0.4, 0.5) is 0 Å². The minimum atomic E-state index is -1.57. The second kappa shape index (κ2) is 53.0. The number of aliphatic carboxylic acids is 1. The number of nitrogens with one attached hydrogen (secondary N) is 13. The Labute approximate surface area is 604 Å². The number of aromatic hydroxyl groups is 1. The monoisotopic (exact) mass is 1480 g/mol. The average molecular weight is 1480 g/mol. The van der Waals surface area contributed by atoms with Crippen molar-refractivity contribution in [2.75, 3.05) is 71.3 Å². The normalized spacial score (nSPS) is 14.2. The van der Waals surface area contributed by atoms with E-state index in [0.29, 0.717) is 69.8 Å². The van der Waals surface area contributed by atoms with Crippen LogP contribution in [0.15, 0.2) is 24.3 Å². The molecule has 1 rings (SSSR count). The maximum Gasteiger partial charge on any atom is 0.326 e. The van der Waals surface area contributed by atoms with Crippen molar-refractivity contribution in [3.8, 4) is 5.75 Å². The molecule has 39 heteroatoms. The fourth-order valence-corrected chi connectivity index (χ4v) is 10.2. The van der Waals surface area contributed by atoms with E-state index < -0.39 is 201 Å². The van der Waals surface area contributed by atoms with Crippen LogP contribution in [0.25, 0.3) is 0 Å². The maximum atomic E-state index is 14.4. The van der Waals surface area contributed by atoms with Crippen LogP contribution in [-0.4, -0.2) is 236 Å². The van der Waals surface area contributed by atoms with Crippen molar-refractivity contribution in [1.82, 2.24) is 69.1 Å². The number of primary amides is 1. The minimum absolute atomic E-state index is 0.0000735. The molecular weight excluding hydrogens is 1370 g/mol. The Morgan fingerprint density at radius 2 is 0.748 bits per heavy atom. The Kier molecular flexibility index (Phi) is 47.4. The van der Waals surface area contributed by atoms with Gasteiger partial charge in [-0.3, -0.25) is 67.1 Å². The number of carboxylic acids is 1.